The van der Waals surface area contributed by atoms with E-state index in [1.54, 1.807) is 16.8 Å². The zero-order chi connectivity index (χ0) is 20.8. The number of H-pyrrole nitrogens is 1. The Labute approximate surface area is 168 Å². The Kier molecular flexibility index (Phi) is 4.28. The summed E-state index contributed by atoms with van der Waals surface area (Å²) in [4.78, 5) is 16.8. The Hall–Kier alpha value is -3.66. The van der Waals surface area contributed by atoms with Gasteiger partial charge < -0.3 is 5.43 Å². The number of halogens is 2. The molecule has 1 aliphatic heterocycles. The van der Waals surface area contributed by atoms with Crippen LogP contribution in [0.4, 0.5) is 14.5 Å². The van der Waals surface area contributed by atoms with Gasteiger partial charge in [0.15, 0.2) is 0 Å². The number of hydrazine groups is 1. The number of benzene rings is 2. The minimum Gasteiger partial charge on any atom is -0.320 e. The summed E-state index contributed by atoms with van der Waals surface area (Å²) in [6, 6.07) is 8.08. The monoisotopic (exact) mass is 409 g/mol. The molecule has 2 unspecified atom stereocenters. The Morgan fingerprint density at radius 3 is 2.70 bits per heavy atom. The van der Waals surface area contributed by atoms with Crippen LogP contribution < -0.4 is 16.4 Å². The predicted molar refractivity (Wildman–Crippen MR) is 106 cm³/mol. The van der Waals surface area contributed by atoms with Gasteiger partial charge in [0.25, 0.3) is 5.56 Å². The number of aromatic nitrogens is 5. The minimum absolute atomic E-state index is 0.177. The van der Waals surface area contributed by atoms with Crippen LogP contribution in [0.2, 0.25) is 0 Å². The van der Waals surface area contributed by atoms with Crippen LogP contribution in [0.3, 0.4) is 0 Å². The van der Waals surface area contributed by atoms with Crippen molar-refractivity contribution in [3.8, 4) is 0 Å². The summed E-state index contributed by atoms with van der Waals surface area (Å²) in [5.74, 6) is -0.804. The van der Waals surface area contributed by atoms with E-state index in [0.29, 0.717) is 29.1 Å². The van der Waals surface area contributed by atoms with Gasteiger partial charge in [-0.05, 0) is 36.8 Å². The normalized spacial score (nSPS) is 18.2. The molecule has 3 N–H and O–H groups in total. The topological polar surface area (TPSA) is 101 Å². The van der Waals surface area contributed by atoms with Crippen molar-refractivity contribution < 1.29 is 8.78 Å². The maximum atomic E-state index is 14.2. The molecule has 152 valence electrons. The number of rotatable bonds is 3. The number of aryl methyl sites for hydroxylation is 1. The quantitative estimate of drug-likeness (QED) is 0.481. The third-order valence-corrected chi connectivity index (χ3v) is 5.32. The van der Waals surface area contributed by atoms with Gasteiger partial charge in [-0.3, -0.25) is 4.79 Å². The van der Waals surface area contributed by atoms with Crippen molar-refractivity contribution in [1.82, 2.24) is 30.4 Å². The lowest BCUT2D eigenvalue weighted by Gasteiger charge is -2.26. The van der Waals surface area contributed by atoms with Crippen LogP contribution in [-0.2, 0) is 6.54 Å². The first-order valence-corrected chi connectivity index (χ1v) is 9.43. The van der Waals surface area contributed by atoms with Gasteiger partial charge in [0.2, 0.25) is 0 Å². The molecule has 2 aromatic heterocycles. The molecule has 10 heteroatoms. The first-order valence-electron chi connectivity index (χ1n) is 9.43. The molecule has 2 atom stereocenters. The molecule has 3 heterocycles. The molecule has 4 aromatic rings. The molecule has 0 radical (unpaired) electrons. The van der Waals surface area contributed by atoms with Gasteiger partial charge in [-0.25, -0.2) is 29.0 Å². The predicted octanol–water partition coefficient (Wildman–Crippen LogP) is 2.62. The summed E-state index contributed by atoms with van der Waals surface area (Å²) in [7, 11) is 0. The molecule has 0 spiro atoms. The third kappa shape index (κ3) is 2.84. The summed E-state index contributed by atoms with van der Waals surface area (Å²) < 4.78 is 29.5. The van der Waals surface area contributed by atoms with Crippen LogP contribution in [0.5, 0.6) is 0 Å². The summed E-state index contributed by atoms with van der Waals surface area (Å²) in [6.07, 6.45) is 1.45. The van der Waals surface area contributed by atoms with E-state index in [4.69, 9.17) is 0 Å². The molecule has 30 heavy (non-hydrogen) atoms. The van der Waals surface area contributed by atoms with Gasteiger partial charge in [0, 0.05) is 11.9 Å². The Balaban J connectivity index is 1.82. The summed E-state index contributed by atoms with van der Waals surface area (Å²) >= 11 is 0. The summed E-state index contributed by atoms with van der Waals surface area (Å²) in [5, 5.41) is 11.8. The van der Waals surface area contributed by atoms with Gasteiger partial charge in [-0.1, -0.05) is 12.1 Å². The molecule has 8 nitrogen and oxygen atoms in total. The van der Waals surface area contributed by atoms with E-state index in [0.717, 1.165) is 5.56 Å². The number of hydrogen-bond donors (Lipinski definition) is 3. The Morgan fingerprint density at radius 2 is 1.93 bits per heavy atom. The van der Waals surface area contributed by atoms with Crippen molar-refractivity contribution in [2.45, 2.75) is 25.4 Å². The van der Waals surface area contributed by atoms with Crippen molar-refractivity contribution in [1.29, 1.82) is 0 Å². The highest BCUT2D eigenvalue weighted by molar-refractivity contribution is 5.96. The van der Waals surface area contributed by atoms with Gasteiger partial charge in [0.05, 0.1) is 28.7 Å². The van der Waals surface area contributed by atoms with Gasteiger partial charge >= 0.3 is 0 Å². The number of nitrogens with zero attached hydrogens (tertiary/aromatic N) is 4. The number of anilines is 1. The van der Waals surface area contributed by atoms with Crippen LogP contribution in [0, 0.1) is 11.6 Å². The SMILES string of the molecule is CCn1ncnc1C1c2n[nH]c(=O)c3cc(F)cc(c23)NNC1c1ccc(F)cc1. The highest BCUT2D eigenvalue weighted by Gasteiger charge is 2.36. The second-order valence-corrected chi connectivity index (χ2v) is 7.02. The van der Waals surface area contributed by atoms with Crippen LogP contribution in [0.25, 0.3) is 10.8 Å². The molecule has 0 saturated heterocycles. The molecule has 0 amide bonds. The number of hydrogen-bond acceptors (Lipinski definition) is 6. The van der Waals surface area contributed by atoms with Crippen molar-refractivity contribution in [3.63, 3.8) is 0 Å². The van der Waals surface area contributed by atoms with Crippen LogP contribution in [0.1, 0.15) is 36.0 Å². The van der Waals surface area contributed by atoms with E-state index in [-0.39, 0.29) is 11.2 Å². The molecule has 2 aromatic carbocycles. The highest BCUT2D eigenvalue weighted by Crippen LogP contribution is 2.41. The zero-order valence-electron chi connectivity index (χ0n) is 15.9. The molecule has 0 saturated carbocycles. The fourth-order valence-corrected chi connectivity index (χ4v) is 3.98. The lowest BCUT2D eigenvalue weighted by atomic mass is 9.88. The van der Waals surface area contributed by atoms with Gasteiger partial charge in [-0.2, -0.15) is 10.2 Å². The third-order valence-electron chi connectivity index (χ3n) is 5.32. The summed E-state index contributed by atoms with van der Waals surface area (Å²) in [6.45, 7) is 2.50. The van der Waals surface area contributed by atoms with Crippen molar-refractivity contribution >= 4 is 16.5 Å². The van der Waals surface area contributed by atoms with Gasteiger partial charge in [-0.15, -0.1) is 0 Å². The zero-order valence-corrected chi connectivity index (χ0v) is 15.9. The first kappa shape index (κ1) is 18.4. The molecule has 1 aliphatic rings. The second kappa shape index (κ2) is 6.99. The second-order valence-electron chi connectivity index (χ2n) is 7.02. The van der Waals surface area contributed by atoms with Crippen molar-refractivity contribution in [2.75, 3.05) is 5.43 Å². The van der Waals surface area contributed by atoms with E-state index in [1.165, 1.54) is 30.6 Å². The fraction of sp³-hybridized carbons (Fsp3) is 0.200. The van der Waals surface area contributed by atoms with E-state index in [2.05, 4.69) is 31.1 Å². The van der Waals surface area contributed by atoms with E-state index in [9.17, 15) is 13.6 Å². The average Bonchev–Trinajstić information content (AvgIpc) is 3.15. The molecular weight excluding hydrogens is 392 g/mol. The average molecular weight is 409 g/mol. The Bertz CT molecular complexity index is 1300. The standard InChI is InChI=1S/C20H17F2N7O/c1-2-29-19(23-9-24-29)16-17(10-3-5-11(21)6-4-10)26-25-14-8-12(22)7-13-15(14)18(16)27-28-20(13)30/h3-9,16-17,25-26H,2H2,1H3,(H,28,30). The molecule has 0 bridgehead atoms. The molecular formula is C20H17F2N7O. The number of nitrogens with one attached hydrogen (secondary N) is 3. The fourth-order valence-electron chi connectivity index (χ4n) is 3.98. The lowest BCUT2D eigenvalue weighted by molar-refractivity contribution is 0.474. The van der Waals surface area contributed by atoms with E-state index in [1.807, 2.05) is 6.92 Å². The molecule has 0 fully saturated rings. The first-order chi connectivity index (χ1) is 14.6. The van der Waals surface area contributed by atoms with Crippen LogP contribution in [0.15, 0.2) is 47.5 Å². The Morgan fingerprint density at radius 1 is 1.13 bits per heavy atom. The summed E-state index contributed by atoms with van der Waals surface area (Å²) in [5.41, 5.74) is 7.36. The largest absolute Gasteiger partial charge is 0.320 e. The number of aromatic amines is 1. The molecule has 0 aliphatic carbocycles. The van der Waals surface area contributed by atoms with E-state index >= 15 is 0 Å². The maximum absolute atomic E-state index is 14.2. The lowest BCUT2D eigenvalue weighted by Crippen LogP contribution is -2.32. The molecule has 5 rings (SSSR count). The smallest absolute Gasteiger partial charge is 0.272 e. The van der Waals surface area contributed by atoms with Crippen LogP contribution in [-0.4, -0.2) is 25.0 Å². The van der Waals surface area contributed by atoms with Crippen LogP contribution >= 0.6 is 0 Å². The van der Waals surface area contributed by atoms with Crippen molar-refractivity contribution in [3.05, 3.63) is 81.8 Å². The van der Waals surface area contributed by atoms with Gasteiger partial charge in [0.1, 0.15) is 23.8 Å². The maximum Gasteiger partial charge on any atom is 0.272 e. The minimum atomic E-state index is -0.553. The van der Waals surface area contributed by atoms with Crippen molar-refractivity contribution in [2.24, 2.45) is 0 Å². The van der Waals surface area contributed by atoms with E-state index < -0.39 is 23.3 Å². The highest BCUT2D eigenvalue weighted by atomic mass is 19.1.